The molecule has 0 aliphatic carbocycles. The fourth-order valence-corrected chi connectivity index (χ4v) is 2.45. The lowest BCUT2D eigenvalue weighted by Gasteiger charge is -2.34. The number of hydrogen-bond donors (Lipinski definition) is 2. The summed E-state index contributed by atoms with van der Waals surface area (Å²) in [6.07, 6.45) is 0.881. The molecule has 1 aromatic rings. The van der Waals surface area contributed by atoms with Crippen LogP contribution in [0.5, 0.6) is 0 Å². The summed E-state index contributed by atoms with van der Waals surface area (Å²) in [6, 6.07) is 7.47. The van der Waals surface area contributed by atoms with Crippen molar-refractivity contribution in [2.24, 2.45) is 0 Å². The number of nitrogens with two attached hydrogens (primary N) is 1. The van der Waals surface area contributed by atoms with E-state index in [4.69, 9.17) is 10.5 Å². The van der Waals surface area contributed by atoms with Gasteiger partial charge in [-0.25, -0.2) is 0 Å². The van der Waals surface area contributed by atoms with Gasteiger partial charge in [-0.3, -0.25) is 4.79 Å². The Bertz CT molecular complexity index is 496. The number of rotatable bonds is 3. The Kier molecular flexibility index (Phi) is 3.78. The van der Waals surface area contributed by atoms with Crippen LogP contribution in [0.25, 0.3) is 0 Å². The number of nitrogen functional groups attached to an aromatic ring is 1. The Hall–Kier alpha value is -1.55. The minimum atomic E-state index is -0.598. The lowest BCUT2D eigenvalue weighted by atomic mass is 9.82. The number of ether oxygens (including phenoxy) is 1. The van der Waals surface area contributed by atoms with Gasteiger partial charge in [0, 0.05) is 12.3 Å². The van der Waals surface area contributed by atoms with Gasteiger partial charge in [-0.15, -0.1) is 0 Å². The second kappa shape index (κ2) is 5.09. The summed E-state index contributed by atoms with van der Waals surface area (Å²) in [5.41, 5.74) is 6.47. The first-order valence-corrected chi connectivity index (χ1v) is 7.06. The van der Waals surface area contributed by atoms with Crippen molar-refractivity contribution in [3.05, 3.63) is 29.8 Å². The molecule has 4 nitrogen and oxygen atoms in total. The van der Waals surface area contributed by atoms with Crippen LogP contribution in [-0.2, 0) is 14.9 Å². The highest BCUT2D eigenvalue weighted by Crippen LogP contribution is 2.29. The van der Waals surface area contributed by atoms with Crippen molar-refractivity contribution in [1.82, 2.24) is 5.32 Å². The molecule has 20 heavy (non-hydrogen) atoms. The lowest BCUT2D eigenvalue weighted by molar-refractivity contribution is -0.128. The second-order valence-corrected chi connectivity index (χ2v) is 6.38. The summed E-state index contributed by atoms with van der Waals surface area (Å²) in [5, 5.41) is 3.16. The summed E-state index contributed by atoms with van der Waals surface area (Å²) in [5.74, 6) is 0.0159. The van der Waals surface area contributed by atoms with Crippen LogP contribution in [0, 0.1) is 0 Å². The topological polar surface area (TPSA) is 64.3 Å². The molecule has 0 bridgehead atoms. The van der Waals surface area contributed by atoms with Crippen molar-refractivity contribution in [3.8, 4) is 0 Å². The van der Waals surface area contributed by atoms with Crippen molar-refractivity contribution in [2.75, 3.05) is 12.3 Å². The average Bonchev–Trinajstić information content (AvgIpc) is 2.70. The monoisotopic (exact) mass is 276 g/mol. The fourth-order valence-electron chi connectivity index (χ4n) is 2.45. The number of carbonyl (C=O) groups excluding carboxylic acids is 1. The zero-order valence-corrected chi connectivity index (χ0v) is 12.7. The molecule has 4 heteroatoms. The Morgan fingerprint density at radius 1 is 1.40 bits per heavy atom. The Balaban J connectivity index is 2.17. The minimum absolute atomic E-state index is 0.0159. The van der Waals surface area contributed by atoms with E-state index in [1.54, 1.807) is 0 Å². The first-order valence-electron chi connectivity index (χ1n) is 7.06. The van der Waals surface area contributed by atoms with Gasteiger partial charge in [-0.2, -0.15) is 0 Å². The third-order valence-electron chi connectivity index (χ3n) is 4.49. The summed E-state index contributed by atoms with van der Waals surface area (Å²) >= 11 is 0. The molecule has 0 aromatic heterocycles. The molecule has 0 spiro atoms. The fraction of sp³-hybridized carbons (Fsp3) is 0.562. The van der Waals surface area contributed by atoms with E-state index < -0.39 is 5.41 Å². The van der Waals surface area contributed by atoms with Crippen LogP contribution in [0.2, 0.25) is 0 Å². The number of anilines is 1. The van der Waals surface area contributed by atoms with Crippen LogP contribution in [-0.4, -0.2) is 24.2 Å². The molecule has 1 aromatic carbocycles. The van der Waals surface area contributed by atoms with E-state index in [0.29, 0.717) is 12.3 Å². The van der Waals surface area contributed by atoms with E-state index in [0.717, 1.165) is 12.0 Å². The highest BCUT2D eigenvalue weighted by atomic mass is 16.5. The molecule has 1 fully saturated rings. The number of hydrogen-bond acceptors (Lipinski definition) is 3. The predicted molar refractivity (Wildman–Crippen MR) is 80.5 cm³/mol. The van der Waals surface area contributed by atoms with Gasteiger partial charge >= 0.3 is 0 Å². The molecule has 3 N–H and O–H groups in total. The van der Waals surface area contributed by atoms with E-state index in [1.807, 2.05) is 52.0 Å². The van der Waals surface area contributed by atoms with Gasteiger partial charge in [0.15, 0.2) is 0 Å². The number of carbonyl (C=O) groups is 1. The quantitative estimate of drug-likeness (QED) is 0.832. The van der Waals surface area contributed by atoms with Gasteiger partial charge in [0.25, 0.3) is 0 Å². The molecule has 1 heterocycles. The van der Waals surface area contributed by atoms with Crippen molar-refractivity contribution in [3.63, 3.8) is 0 Å². The first-order chi connectivity index (χ1) is 9.25. The smallest absolute Gasteiger partial charge is 0.230 e. The van der Waals surface area contributed by atoms with Crippen molar-refractivity contribution in [1.29, 1.82) is 0 Å². The van der Waals surface area contributed by atoms with Crippen LogP contribution in [0.1, 0.15) is 39.7 Å². The normalized spacial score (nSPS) is 26.5. The third-order valence-corrected chi connectivity index (χ3v) is 4.49. The molecule has 0 radical (unpaired) electrons. The van der Waals surface area contributed by atoms with Crippen molar-refractivity contribution >= 4 is 11.6 Å². The number of nitrogens with one attached hydrogen (secondary N) is 1. The maximum atomic E-state index is 12.7. The van der Waals surface area contributed by atoms with Gasteiger partial charge in [0.2, 0.25) is 5.91 Å². The van der Waals surface area contributed by atoms with Crippen molar-refractivity contribution in [2.45, 2.75) is 51.2 Å². The van der Waals surface area contributed by atoms with Gasteiger partial charge in [0.1, 0.15) is 0 Å². The van der Waals surface area contributed by atoms with Crippen LogP contribution in [0.15, 0.2) is 24.3 Å². The van der Waals surface area contributed by atoms with Crippen molar-refractivity contribution < 1.29 is 9.53 Å². The van der Waals surface area contributed by atoms with E-state index in [2.05, 4.69) is 5.32 Å². The largest absolute Gasteiger partial charge is 0.399 e. The van der Waals surface area contributed by atoms with Gasteiger partial charge in [0.05, 0.1) is 17.1 Å². The average molecular weight is 276 g/mol. The zero-order chi connectivity index (χ0) is 15.0. The van der Waals surface area contributed by atoms with Gasteiger partial charge in [-0.05, 0) is 51.8 Å². The number of benzene rings is 1. The SMILES string of the molecule is CC1OCCC1(C)NC(=O)C(C)(C)c1ccc(N)cc1. The van der Waals surface area contributed by atoms with Crippen LogP contribution < -0.4 is 11.1 Å². The molecule has 2 rings (SSSR count). The summed E-state index contributed by atoms with van der Waals surface area (Å²) in [6.45, 7) is 8.60. The minimum Gasteiger partial charge on any atom is -0.399 e. The highest BCUT2D eigenvalue weighted by molar-refractivity contribution is 5.88. The summed E-state index contributed by atoms with van der Waals surface area (Å²) < 4.78 is 5.57. The Labute approximate surface area is 120 Å². The standard InChI is InChI=1S/C16H24N2O2/c1-11-16(4,9-10-20-11)18-14(19)15(2,3)12-5-7-13(17)8-6-12/h5-8,11H,9-10,17H2,1-4H3,(H,18,19). The lowest BCUT2D eigenvalue weighted by Crippen LogP contribution is -2.55. The molecular weight excluding hydrogens is 252 g/mol. The molecular formula is C16H24N2O2. The van der Waals surface area contributed by atoms with Gasteiger partial charge in [-0.1, -0.05) is 12.1 Å². The first kappa shape index (κ1) is 14.9. The van der Waals surface area contributed by atoms with Crippen LogP contribution in [0.4, 0.5) is 5.69 Å². The molecule has 1 aliphatic heterocycles. The Morgan fingerprint density at radius 2 is 2.00 bits per heavy atom. The van der Waals surface area contributed by atoms with E-state index in [1.165, 1.54) is 0 Å². The summed E-state index contributed by atoms with van der Waals surface area (Å²) in [4.78, 5) is 12.7. The molecule has 1 aliphatic rings. The highest BCUT2D eigenvalue weighted by Gasteiger charge is 2.41. The van der Waals surface area contributed by atoms with E-state index in [9.17, 15) is 4.79 Å². The molecule has 2 unspecified atom stereocenters. The Morgan fingerprint density at radius 3 is 2.50 bits per heavy atom. The van der Waals surface area contributed by atoms with Crippen LogP contribution >= 0.6 is 0 Å². The predicted octanol–water partition coefficient (Wildman–Crippen LogP) is 2.23. The molecule has 110 valence electrons. The summed E-state index contributed by atoms with van der Waals surface area (Å²) in [7, 11) is 0. The molecule has 0 saturated carbocycles. The third kappa shape index (κ3) is 2.66. The van der Waals surface area contributed by atoms with E-state index in [-0.39, 0.29) is 17.6 Å². The molecule has 1 saturated heterocycles. The van der Waals surface area contributed by atoms with Gasteiger partial charge < -0.3 is 15.8 Å². The maximum absolute atomic E-state index is 12.7. The molecule has 1 amide bonds. The number of amides is 1. The van der Waals surface area contributed by atoms with Crippen LogP contribution in [0.3, 0.4) is 0 Å². The zero-order valence-electron chi connectivity index (χ0n) is 12.7. The molecule has 2 atom stereocenters. The maximum Gasteiger partial charge on any atom is 0.230 e. The van der Waals surface area contributed by atoms with E-state index >= 15 is 0 Å². The second-order valence-electron chi connectivity index (χ2n) is 6.38.